The molecule has 2 heterocycles. The first kappa shape index (κ1) is 19.6. The highest BCUT2D eigenvalue weighted by atomic mass is 16.5. The van der Waals surface area contributed by atoms with Crippen molar-refractivity contribution < 1.29 is 14.3 Å². The number of anilines is 2. The maximum atomic E-state index is 12.8. The number of aromatic nitrogens is 2. The summed E-state index contributed by atoms with van der Waals surface area (Å²) in [6.07, 6.45) is 0.854. The van der Waals surface area contributed by atoms with Crippen molar-refractivity contribution in [2.75, 3.05) is 31.5 Å². The van der Waals surface area contributed by atoms with Crippen LogP contribution in [0.3, 0.4) is 0 Å². The van der Waals surface area contributed by atoms with Crippen molar-refractivity contribution in [3.05, 3.63) is 41.9 Å². The van der Waals surface area contributed by atoms with Gasteiger partial charge in [0.15, 0.2) is 0 Å². The number of rotatable bonds is 6. The molecule has 28 heavy (non-hydrogen) atoms. The molecule has 2 aromatic rings. The lowest BCUT2D eigenvalue weighted by molar-refractivity contribution is -0.119. The average molecular weight is 383 g/mol. The average Bonchev–Trinajstić information content (AvgIpc) is 2.68. The maximum absolute atomic E-state index is 12.8. The van der Waals surface area contributed by atoms with Crippen LogP contribution < -0.4 is 10.1 Å². The quantitative estimate of drug-likeness (QED) is 0.770. The van der Waals surface area contributed by atoms with Crippen molar-refractivity contribution in [1.82, 2.24) is 19.8 Å². The molecule has 2 amide bonds. The fourth-order valence-corrected chi connectivity index (χ4v) is 3.00. The van der Waals surface area contributed by atoms with Gasteiger partial charge in [0, 0.05) is 32.2 Å². The summed E-state index contributed by atoms with van der Waals surface area (Å²) in [4.78, 5) is 35.8. The third-order valence-electron chi connectivity index (χ3n) is 4.32. The molecule has 0 aliphatic carbocycles. The standard InChI is InChI=1S/C20H25N5O3/c1-14(2)28-18-7-5-4-6-16(18)23-19-12-17(21-15(3)22-19)20(27)25-10-8-24(13-26)9-11-25/h4-7,12-14H,8-11H2,1-3H3,(H,21,22,23). The summed E-state index contributed by atoms with van der Waals surface area (Å²) in [5.41, 5.74) is 1.10. The van der Waals surface area contributed by atoms with Crippen LogP contribution in [0.2, 0.25) is 0 Å². The lowest BCUT2D eigenvalue weighted by Gasteiger charge is -2.32. The molecule has 1 aromatic carbocycles. The Labute approximate surface area is 164 Å². The van der Waals surface area contributed by atoms with E-state index in [9.17, 15) is 9.59 Å². The van der Waals surface area contributed by atoms with E-state index < -0.39 is 0 Å². The van der Waals surface area contributed by atoms with Gasteiger partial charge in [-0.05, 0) is 32.9 Å². The zero-order valence-corrected chi connectivity index (χ0v) is 16.4. The van der Waals surface area contributed by atoms with Crippen LogP contribution in [0, 0.1) is 6.92 Å². The SMILES string of the molecule is Cc1nc(Nc2ccccc2OC(C)C)cc(C(=O)N2CCN(C=O)CC2)n1. The summed E-state index contributed by atoms with van der Waals surface area (Å²) in [5.74, 6) is 1.58. The third-order valence-corrected chi connectivity index (χ3v) is 4.32. The molecule has 0 saturated carbocycles. The number of aryl methyl sites for hydroxylation is 1. The third kappa shape index (κ3) is 4.76. The smallest absolute Gasteiger partial charge is 0.272 e. The van der Waals surface area contributed by atoms with Gasteiger partial charge in [-0.15, -0.1) is 0 Å². The Morgan fingerprint density at radius 2 is 1.89 bits per heavy atom. The topological polar surface area (TPSA) is 87.7 Å². The minimum atomic E-state index is -0.161. The normalized spacial score (nSPS) is 14.1. The zero-order chi connectivity index (χ0) is 20.1. The first-order valence-corrected chi connectivity index (χ1v) is 9.33. The molecule has 1 aliphatic heterocycles. The van der Waals surface area contributed by atoms with E-state index in [-0.39, 0.29) is 12.0 Å². The van der Waals surface area contributed by atoms with E-state index in [0.29, 0.717) is 49.3 Å². The van der Waals surface area contributed by atoms with Crippen LogP contribution in [-0.2, 0) is 4.79 Å². The first-order chi connectivity index (χ1) is 13.5. The van der Waals surface area contributed by atoms with Crippen LogP contribution in [0.4, 0.5) is 11.5 Å². The highest BCUT2D eigenvalue weighted by Crippen LogP contribution is 2.28. The molecular weight excluding hydrogens is 358 g/mol. The van der Waals surface area contributed by atoms with E-state index in [1.807, 2.05) is 38.1 Å². The number of hydrogen-bond acceptors (Lipinski definition) is 6. The van der Waals surface area contributed by atoms with Crippen molar-refractivity contribution in [2.45, 2.75) is 26.9 Å². The summed E-state index contributed by atoms with van der Waals surface area (Å²) in [5, 5.41) is 3.23. The number of piperazine rings is 1. The zero-order valence-electron chi connectivity index (χ0n) is 16.4. The van der Waals surface area contributed by atoms with Gasteiger partial charge in [0.2, 0.25) is 6.41 Å². The molecule has 8 nitrogen and oxygen atoms in total. The Morgan fingerprint density at radius 3 is 2.57 bits per heavy atom. The lowest BCUT2D eigenvalue weighted by Crippen LogP contribution is -2.48. The monoisotopic (exact) mass is 383 g/mol. The van der Waals surface area contributed by atoms with Crippen LogP contribution in [0.1, 0.15) is 30.2 Å². The number of para-hydroxylation sites is 2. The van der Waals surface area contributed by atoms with E-state index in [1.54, 1.807) is 22.8 Å². The second-order valence-corrected chi connectivity index (χ2v) is 6.91. The number of amides is 2. The Bertz CT molecular complexity index is 847. The van der Waals surface area contributed by atoms with Crippen molar-refractivity contribution in [3.8, 4) is 5.75 Å². The molecule has 1 fully saturated rings. The van der Waals surface area contributed by atoms with Gasteiger partial charge >= 0.3 is 0 Å². The van der Waals surface area contributed by atoms with E-state index in [2.05, 4.69) is 15.3 Å². The summed E-state index contributed by atoms with van der Waals surface area (Å²) in [6, 6.07) is 9.24. The summed E-state index contributed by atoms with van der Waals surface area (Å²) in [7, 11) is 0. The molecule has 0 radical (unpaired) electrons. The van der Waals surface area contributed by atoms with Crippen LogP contribution in [0.25, 0.3) is 0 Å². The van der Waals surface area contributed by atoms with Gasteiger partial charge in [0.25, 0.3) is 5.91 Å². The van der Waals surface area contributed by atoms with Crippen LogP contribution in [-0.4, -0.2) is 64.4 Å². The molecule has 0 bridgehead atoms. The molecule has 1 N–H and O–H groups in total. The maximum Gasteiger partial charge on any atom is 0.272 e. The number of hydrogen-bond donors (Lipinski definition) is 1. The largest absolute Gasteiger partial charge is 0.489 e. The summed E-state index contributed by atoms with van der Waals surface area (Å²) in [6.45, 7) is 7.74. The van der Waals surface area contributed by atoms with Crippen molar-refractivity contribution in [1.29, 1.82) is 0 Å². The molecule has 8 heteroatoms. The number of carbonyl (C=O) groups excluding carboxylic acids is 2. The molecule has 1 aromatic heterocycles. The Kier molecular flexibility index (Phi) is 6.08. The highest BCUT2D eigenvalue weighted by Gasteiger charge is 2.23. The van der Waals surface area contributed by atoms with Crippen LogP contribution in [0.15, 0.2) is 30.3 Å². The van der Waals surface area contributed by atoms with Gasteiger partial charge in [0.1, 0.15) is 23.1 Å². The molecule has 1 aliphatic rings. The Balaban J connectivity index is 1.79. The second kappa shape index (κ2) is 8.69. The molecule has 0 spiro atoms. The minimum absolute atomic E-state index is 0.0391. The van der Waals surface area contributed by atoms with Crippen molar-refractivity contribution in [3.63, 3.8) is 0 Å². The number of carbonyl (C=O) groups is 2. The molecular formula is C20H25N5O3. The number of ether oxygens (including phenoxy) is 1. The van der Waals surface area contributed by atoms with Crippen LogP contribution in [0.5, 0.6) is 5.75 Å². The molecule has 0 atom stereocenters. The Hall–Kier alpha value is -3.16. The molecule has 148 valence electrons. The fraction of sp³-hybridized carbons (Fsp3) is 0.400. The van der Waals surface area contributed by atoms with Gasteiger partial charge in [0.05, 0.1) is 11.8 Å². The van der Waals surface area contributed by atoms with Gasteiger partial charge in [-0.25, -0.2) is 9.97 Å². The summed E-state index contributed by atoms with van der Waals surface area (Å²) < 4.78 is 5.83. The molecule has 0 unspecified atom stereocenters. The Morgan fingerprint density at radius 1 is 1.18 bits per heavy atom. The van der Waals surface area contributed by atoms with E-state index in [0.717, 1.165) is 12.1 Å². The fourth-order valence-electron chi connectivity index (χ4n) is 3.00. The summed E-state index contributed by atoms with van der Waals surface area (Å²) >= 11 is 0. The number of benzene rings is 1. The molecule has 3 rings (SSSR count). The van der Waals surface area contributed by atoms with Crippen molar-refractivity contribution in [2.24, 2.45) is 0 Å². The van der Waals surface area contributed by atoms with Gasteiger partial charge in [-0.1, -0.05) is 12.1 Å². The van der Waals surface area contributed by atoms with Crippen molar-refractivity contribution >= 4 is 23.8 Å². The highest BCUT2D eigenvalue weighted by molar-refractivity contribution is 5.93. The van der Waals surface area contributed by atoms with Gasteiger partial charge in [-0.3, -0.25) is 9.59 Å². The minimum Gasteiger partial charge on any atom is -0.489 e. The number of nitrogens with one attached hydrogen (secondary N) is 1. The first-order valence-electron chi connectivity index (χ1n) is 9.33. The predicted octanol–water partition coefficient (Wildman–Crippen LogP) is 2.23. The lowest BCUT2D eigenvalue weighted by atomic mass is 10.2. The van der Waals surface area contributed by atoms with E-state index in [1.165, 1.54) is 0 Å². The van der Waals surface area contributed by atoms with E-state index >= 15 is 0 Å². The molecule has 1 saturated heterocycles. The second-order valence-electron chi connectivity index (χ2n) is 6.91. The van der Waals surface area contributed by atoms with E-state index in [4.69, 9.17) is 4.74 Å². The van der Waals surface area contributed by atoms with Crippen LogP contribution >= 0.6 is 0 Å². The predicted molar refractivity (Wildman–Crippen MR) is 106 cm³/mol. The van der Waals surface area contributed by atoms with Gasteiger partial charge < -0.3 is 19.9 Å². The van der Waals surface area contributed by atoms with Gasteiger partial charge in [-0.2, -0.15) is 0 Å². The number of nitrogens with zero attached hydrogens (tertiary/aromatic N) is 4.